The van der Waals surface area contributed by atoms with Crippen molar-refractivity contribution >= 4 is 17.7 Å². The van der Waals surface area contributed by atoms with E-state index < -0.39 is 0 Å². The van der Waals surface area contributed by atoms with Crippen LogP contribution in [0, 0.1) is 0 Å². The van der Waals surface area contributed by atoms with E-state index in [1.807, 2.05) is 53.4 Å². The van der Waals surface area contributed by atoms with E-state index in [4.69, 9.17) is 0 Å². The van der Waals surface area contributed by atoms with Gasteiger partial charge in [0.2, 0.25) is 5.91 Å². The molecule has 156 valence electrons. The summed E-state index contributed by atoms with van der Waals surface area (Å²) >= 11 is 1.65. The number of rotatable bonds is 7. The highest BCUT2D eigenvalue weighted by atomic mass is 32.2. The minimum absolute atomic E-state index is 0.249. The van der Waals surface area contributed by atoms with Crippen molar-refractivity contribution in [2.75, 3.05) is 25.4 Å². The maximum Gasteiger partial charge on any atom is 0.222 e. The van der Waals surface area contributed by atoms with Crippen LogP contribution in [0.3, 0.4) is 0 Å². The lowest BCUT2D eigenvalue weighted by atomic mass is 10.2. The number of carbonyl (C=O) groups excluding carboxylic acids is 1. The minimum Gasteiger partial charge on any atom is -0.340 e. The molecule has 1 N–H and O–H groups in total. The van der Waals surface area contributed by atoms with Crippen LogP contribution < -0.4 is 5.32 Å². The zero-order valence-electron chi connectivity index (χ0n) is 17.2. The Morgan fingerprint density at radius 1 is 1.10 bits per heavy atom. The topological polar surface area (TPSA) is 63.1 Å². The molecule has 4 rings (SSSR count). The van der Waals surface area contributed by atoms with Gasteiger partial charge in [-0.05, 0) is 25.5 Å². The third-order valence-corrected chi connectivity index (χ3v) is 6.18. The third kappa shape index (κ3) is 4.91. The monoisotopic (exact) mass is 421 g/mol. The molecule has 1 saturated heterocycles. The SMILES string of the molecule is CC1CN(C(=O)CCCSc2nnc(-c3ccccc3)n2-c2ccccc2)CCN1. The summed E-state index contributed by atoms with van der Waals surface area (Å²) in [6.07, 6.45) is 1.40. The molecule has 3 aromatic rings. The van der Waals surface area contributed by atoms with Crippen LogP contribution in [0.15, 0.2) is 65.8 Å². The van der Waals surface area contributed by atoms with Gasteiger partial charge in [-0.3, -0.25) is 9.36 Å². The molecule has 1 aliphatic heterocycles. The Morgan fingerprint density at radius 3 is 2.57 bits per heavy atom. The van der Waals surface area contributed by atoms with Crippen molar-refractivity contribution in [3.63, 3.8) is 0 Å². The van der Waals surface area contributed by atoms with Crippen LogP contribution in [0.4, 0.5) is 0 Å². The molecule has 1 aromatic heterocycles. The first kappa shape index (κ1) is 20.6. The van der Waals surface area contributed by atoms with Crippen molar-refractivity contribution < 1.29 is 4.79 Å². The normalized spacial score (nSPS) is 16.6. The van der Waals surface area contributed by atoms with E-state index in [2.05, 4.69) is 39.1 Å². The quantitative estimate of drug-likeness (QED) is 0.466. The Balaban J connectivity index is 1.43. The van der Waals surface area contributed by atoms with E-state index in [1.54, 1.807) is 11.8 Å². The minimum atomic E-state index is 0.249. The van der Waals surface area contributed by atoms with Crippen LogP contribution in [0.5, 0.6) is 0 Å². The smallest absolute Gasteiger partial charge is 0.222 e. The standard InChI is InChI=1S/C23H27N5OS/c1-18-17-27(15-14-24-18)21(29)13-8-16-30-23-26-25-22(19-9-4-2-5-10-19)28(23)20-11-6-3-7-12-20/h2-7,9-12,18,24H,8,13-17H2,1H3. The summed E-state index contributed by atoms with van der Waals surface area (Å²) in [5, 5.41) is 13.2. The highest BCUT2D eigenvalue weighted by Gasteiger charge is 2.20. The molecule has 1 amide bonds. The Hall–Kier alpha value is -2.64. The van der Waals surface area contributed by atoms with E-state index in [0.717, 1.165) is 54.0 Å². The first-order chi connectivity index (χ1) is 14.7. The lowest BCUT2D eigenvalue weighted by Gasteiger charge is -2.32. The van der Waals surface area contributed by atoms with Gasteiger partial charge in [0.05, 0.1) is 0 Å². The summed E-state index contributed by atoms with van der Waals surface area (Å²) in [5.41, 5.74) is 2.07. The predicted molar refractivity (Wildman–Crippen MR) is 121 cm³/mol. The number of benzene rings is 2. The van der Waals surface area contributed by atoms with Gasteiger partial charge in [0.25, 0.3) is 0 Å². The number of carbonyl (C=O) groups is 1. The number of aromatic nitrogens is 3. The van der Waals surface area contributed by atoms with E-state index in [9.17, 15) is 4.79 Å². The second-order valence-electron chi connectivity index (χ2n) is 7.49. The summed E-state index contributed by atoms with van der Waals surface area (Å²) in [6.45, 7) is 4.61. The molecule has 1 atom stereocenters. The lowest BCUT2D eigenvalue weighted by Crippen LogP contribution is -2.51. The molecule has 1 fully saturated rings. The second kappa shape index (κ2) is 9.91. The number of thioether (sulfide) groups is 1. The van der Waals surface area contributed by atoms with Gasteiger partial charge in [-0.25, -0.2) is 0 Å². The number of nitrogens with one attached hydrogen (secondary N) is 1. The summed E-state index contributed by atoms with van der Waals surface area (Å²) in [4.78, 5) is 14.5. The molecule has 2 aromatic carbocycles. The average molecular weight is 422 g/mol. The molecule has 2 heterocycles. The van der Waals surface area contributed by atoms with Gasteiger partial charge >= 0.3 is 0 Å². The van der Waals surface area contributed by atoms with Crippen LogP contribution >= 0.6 is 11.8 Å². The Bertz CT molecular complexity index is 960. The fourth-order valence-electron chi connectivity index (χ4n) is 3.65. The van der Waals surface area contributed by atoms with Gasteiger partial charge in [0.15, 0.2) is 11.0 Å². The molecule has 0 spiro atoms. The Labute approximate surface area is 181 Å². The van der Waals surface area contributed by atoms with Gasteiger partial charge in [-0.1, -0.05) is 60.3 Å². The summed E-state index contributed by atoms with van der Waals surface area (Å²) < 4.78 is 2.10. The first-order valence-electron chi connectivity index (χ1n) is 10.4. The van der Waals surface area contributed by atoms with Crippen molar-refractivity contribution in [2.24, 2.45) is 0 Å². The third-order valence-electron chi connectivity index (χ3n) is 5.17. The van der Waals surface area contributed by atoms with E-state index in [0.29, 0.717) is 12.5 Å². The van der Waals surface area contributed by atoms with Crippen LogP contribution in [0.1, 0.15) is 19.8 Å². The lowest BCUT2D eigenvalue weighted by molar-refractivity contribution is -0.132. The molecule has 0 radical (unpaired) electrons. The largest absolute Gasteiger partial charge is 0.340 e. The zero-order chi connectivity index (χ0) is 20.8. The molecule has 6 nitrogen and oxygen atoms in total. The van der Waals surface area contributed by atoms with Crippen LogP contribution in [0.2, 0.25) is 0 Å². The zero-order valence-corrected chi connectivity index (χ0v) is 18.0. The molecular weight excluding hydrogens is 394 g/mol. The van der Waals surface area contributed by atoms with Crippen molar-refractivity contribution in [1.82, 2.24) is 25.0 Å². The Morgan fingerprint density at radius 2 is 1.83 bits per heavy atom. The average Bonchev–Trinajstić information content (AvgIpc) is 3.21. The molecule has 0 aliphatic carbocycles. The number of hydrogen-bond donors (Lipinski definition) is 1. The van der Waals surface area contributed by atoms with Crippen molar-refractivity contribution in [2.45, 2.75) is 31.0 Å². The fraction of sp³-hybridized carbons (Fsp3) is 0.348. The Kier molecular flexibility index (Phi) is 6.81. The van der Waals surface area contributed by atoms with Crippen molar-refractivity contribution in [3.05, 3.63) is 60.7 Å². The van der Waals surface area contributed by atoms with Gasteiger partial charge in [0.1, 0.15) is 0 Å². The van der Waals surface area contributed by atoms with Gasteiger partial charge in [-0.15, -0.1) is 10.2 Å². The van der Waals surface area contributed by atoms with Gasteiger partial charge in [-0.2, -0.15) is 0 Å². The fourth-order valence-corrected chi connectivity index (χ4v) is 4.54. The first-order valence-corrected chi connectivity index (χ1v) is 11.4. The van der Waals surface area contributed by atoms with Gasteiger partial charge in [0, 0.05) is 49.1 Å². The molecule has 30 heavy (non-hydrogen) atoms. The predicted octanol–water partition coefficient (Wildman–Crippen LogP) is 3.63. The molecule has 1 unspecified atom stereocenters. The molecule has 7 heteroatoms. The van der Waals surface area contributed by atoms with Crippen LogP contribution in [-0.4, -0.2) is 57.0 Å². The highest BCUT2D eigenvalue weighted by molar-refractivity contribution is 7.99. The second-order valence-corrected chi connectivity index (χ2v) is 8.55. The number of para-hydroxylation sites is 1. The molecule has 1 aliphatic rings. The number of nitrogens with zero attached hydrogens (tertiary/aromatic N) is 4. The summed E-state index contributed by atoms with van der Waals surface area (Å²) in [6, 6.07) is 20.7. The summed E-state index contributed by atoms with van der Waals surface area (Å²) in [7, 11) is 0. The van der Waals surface area contributed by atoms with E-state index in [-0.39, 0.29) is 5.91 Å². The van der Waals surface area contributed by atoms with E-state index >= 15 is 0 Å². The van der Waals surface area contributed by atoms with Crippen LogP contribution in [-0.2, 0) is 4.79 Å². The molecular formula is C23H27N5OS. The molecule has 0 saturated carbocycles. The maximum absolute atomic E-state index is 12.5. The molecule has 0 bridgehead atoms. The van der Waals surface area contributed by atoms with E-state index in [1.165, 1.54) is 0 Å². The van der Waals surface area contributed by atoms with Crippen LogP contribution in [0.25, 0.3) is 17.1 Å². The maximum atomic E-state index is 12.5. The number of amides is 1. The number of piperazine rings is 1. The van der Waals surface area contributed by atoms with Gasteiger partial charge < -0.3 is 10.2 Å². The van der Waals surface area contributed by atoms with Crippen molar-refractivity contribution in [1.29, 1.82) is 0 Å². The van der Waals surface area contributed by atoms with Crippen molar-refractivity contribution in [3.8, 4) is 17.1 Å². The highest BCUT2D eigenvalue weighted by Crippen LogP contribution is 2.28. The number of hydrogen-bond acceptors (Lipinski definition) is 5. The summed E-state index contributed by atoms with van der Waals surface area (Å²) in [5.74, 6) is 1.90.